The Morgan fingerprint density at radius 1 is 1.33 bits per heavy atom. The molecule has 0 bridgehead atoms. The molecular weight excluding hydrogens is 317 g/mol. The van der Waals surface area contributed by atoms with Crippen LogP contribution < -0.4 is 0 Å². The lowest BCUT2D eigenvalue weighted by atomic mass is 10.3. The van der Waals surface area contributed by atoms with Gasteiger partial charge in [0.15, 0.2) is 0 Å². The molecule has 0 radical (unpaired) electrons. The van der Waals surface area contributed by atoms with Crippen LogP contribution in [0.5, 0.6) is 0 Å². The number of rotatable bonds is 4. The average molecular weight is 323 g/mol. The Labute approximate surface area is 125 Å². The number of benzene rings is 1. The summed E-state index contributed by atoms with van der Waals surface area (Å²) in [5, 5.41) is 20.7. The molecule has 3 aromatic rings. The minimum absolute atomic E-state index is 0.160. The zero-order valence-electron chi connectivity index (χ0n) is 10.2. The van der Waals surface area contributed by atoms with E-state index >= 15 is 0 Å². The molecule has 0 N–H and O–H groups in total. The van der Waals surface area contributed by atoms with Crippen molar-refractivity contribution in [2.24, 2.45) is 0 Å². The number of aromatic nitrogens is 2. The van der Waals surface area contributed by atoms with Gasteiger partial charge in [-0.2, -0.15) is 0 Å². The molecule has 0 aliphatic heterocycles. The SMILES string of the molecule is O=[N+]([O-])c1cc(F)ccc1Sc1nnc(-c2cccs2)o1. The number of nitrogens with zero attached hydrogens (tertiary/aromatic N) is 3. The molecule has 0 spiro atoms. The summed E-state index contributed by atoms with van der Waals surface area (Å²) in [4.78, 5) is 11.3. The van der Waals surface area contributed by atoms with E-state index in [-0.39, 0.29) is 15.8 Å². The third kappa shape index (κ3) is 2.93. The summed E-state index contributed by atoms with van der Waals surface area (Å²) in [5.41, 5.74) is -0.337. The average Bonchev–Trinajstić information content (AvgIpc) is 3.11. The fourth-order valence-electron chi connectivity index (χ4n) is 1.56. The van der Waals surface area contributed by atoms with Crippen molar-refractivity contribution < 1.29 is 13.7 Å². The Morgan fingerprint density at radius 2 is 2.19 bits per heavy atom. The lowest BCUT2D eigenvalue weighted by Gasteiger charge is -1.99. The van der Waals surface area contributed by atoms with Crippen LogP contribution in [0, 0.1) is 15.9 Å². The molecule has 9 heteroatoms. The summed E-state index contributed by atoms with van der Waals surface area (Å²) in [7, 11) is 0. The Balaban J connectivity index is 1.89. The Morgan fingerprint density at radius 3 is 2.90 bits per heavy atom. The smallest absolute Gasteiger partial charge is 0.286 e. The molecule has 0 aliphatic carbocycles. The van der Waals surface area contributed by atoms with Crippen LogP contribution in [0.15, 0.2) is 50.2 Å². The molecule has 21 heavy (non-hydrogen) atoms. The summed E-state index contributed by atoms with van der Waals surface area (Å²) in [5.74, 6) is -0.326. The van der Waals surface area contributed by atoms with Gasteiger partial charge in [0.05, 0.1) is 20.8 Å². The fourth-order valence-corrected chi connectivity index (χ4v) is 2.97. The van der Waals surface area contributed by atoms with Crippen LogP contribution in [0.1, 0.15) is 0 Å². The van der Waals surface area contributed by atoms with E-state index in [1.165, 1.54) is 17.4 Å². The van der Waals surface area contributed by atoms with Crippen LogP contribution in [0.3, 0.4) is 0 Å². The van der Waals surface area contributed by atoms with Crippen LogP contribution in [-0.4, -0.2) is 15.1 Å². The van der Waals surface area contributed by atoms with E-state index in [0.717, 1.165) is 28.8 Å². The van der Waals surface area contributed by atoms with Gasteiger partial charge in [-0.1, -0.05) is 6.07 Å². The van der Waals surface area contributed by atoms with Crippen LogP contribution in [0.4, 0.5) is 10.1 Å². The summed E-state index contributed by atoms with van der Waals surface area (Å²) in [6, 6.07) is 6.99. The second-order valence-electron chi connectivity index (χ2n) is 3.82. The maximum Gasteiger partial charge on any atom is 0.286 e. The molecule has 0 unspecified atom stereocenters. The molecule has 1 aromatic carbocycles. The molecule has 2 aromatic heterocycles. The predicted octanol–water partition coefficient (Wildman–Crippen LogP) is 4.00. The van der Waals surface area contributed by atoms with Gasteiger partial charge in [-0.3, -0.25) is 10.1 Å². The lowest BCUT2D eigenvalue weighted by Crippen LogP contribution is -1.91. The van der Waals surface area contributed by atoms with E-state index in [1.54, 1.807) is 0 Å². The minimum atomic E-state index is -0.671. The highest BCUT2D eigenvalue weighted by atomic mass is 32.2. The molecule has 2 heterocycles. The van der Waals surface area contributed by atoms with Gasteiger partial charge in [0, 0.05) is 0 Å². The number of hydrogen-bond acceptors (Lipinski definition) is 7. The Kier molecular flexibility index (Phi) is 3.67. The topological polar surface area (TPSA) is 82.1 Å². The molecule has 0 atom stereocenters. The highest BCUT2D eigenvalue weighted by Gasteiger charge is 2.19. The number of thiophene rings is 1. The van der Waals surface area contributed by atoms with Crippen LogP contribution in [-0.2, 0) is 0 Å². The maximum absolute atomic E-state index is 13.1. The quantitative estimate of drug-likeness (QED) is 0.533. The van der Waals surface area contributed by atoms with Gasteiger partial charge >= 0.3 is 0 Å². The van der Waals surface area contributed by atoms with Crippen molar-refractivity contribution in [2.75, 3.05) is 0 Å². The molecule has 0 fully saturated rings. The first-order chi connectivity index (χ1) is 10.1. The van der Waals surface area contributed by atoms with Crippen molar-refractivity contribution >= 4 is 28.8 Å². The van der Waals surface area contributed by atoms with Gasteiger partial charge in [-0.05, 0) is 35.3 Å². The van der Waals surface area contributed by atoms with Crippen LogP contribution in [0.2, 0.25) is 0 Å². The summed E-state index contributed by atoms with van der Waals surface area (Å²) < 4.78 is 18.5. The summed E-state index contributed by atoms with van der Waals surface area (Å²) in [6.07, 6.45) is 0. The second kappa shape index (κ2) is 5.62. The zero-order chi connectivity index (χ0) is 14.8. The second-order valence-corrected chi connectivity index (χ2v) is 5.76. The molecule has 0 saturated carbocycles. The third-order valence-electron chi connectivity index (χ3n) is 2.45. The molecular formula is C12H6FN3O3S2. The minimum Gasteiger partial charge on any atom is -0.410 e. The van der Waals surface area contributed by atoms with Crippen LogP contribution >= 0.6 is 23.1 Å². The number of nitro benzene ring substituents is 1. The summed E-state index contributed by atoms with van der Waals surface area (Å²) >= 11 is 2.37. The monoisotopic (exact) mass is 323 g/mol. The van der Waals surface area contributed by atoms with Crippen LogP contribution in [0.25, 0.3) is 10.8 Å². The highest BCUT2D eigenvalue weighted by molar-refractivity contribution is 7.99. The molecule has 0 amide bonds. The van der Waals surface area contributed by atoms with E-state index in [4.69, 9.17) is 4.42 Å². The maximum atomic E-state index is 13.1. The highest BCUT2D eigenvalue weighted by Crippen LogP contribution is 2.35. The number of hydrogen-bond donors (Lipinski definition) is 0. The van der Waals surface area contributed by atoms with Gasteiger partial charge in [-0.25, -0.2) is 4.39 Å². The molecule has 6 nitrogen and oxygen atoms in total. The van der Waals surface area contributed by atoms with Crippen molar-refractivity contribution in [2.45, 2.75) is 10.1 Å². The molecule has 3 rings (SSSR count). The fraction of sp³-hybridized carbons (Fsp3) is 0. The van der Waals surface area contributed by atoms with Gasteiger partial charge in [0.1, 0.15) is 5.82 Å². The van der Waals surface area contributed by atoms with Gasteiger partial charge < -0.3 is 4.42 Å². The van der Waals surface area contributed by atoms with E-state index in [9.17, 15) is 14.5 Å². The number of nitro groups is 1. The standard InChI is InChI=1S/C12H6FN3O3S2/c13-7-3-4-9(8(6-7)16(17)18)21-12-15-14-11(19-12)10-2-1-5-20-10/h1-6H. The molecule has 106 valence electrons. The third-order valence-corrected chi connectivity index (χ3v) is 4.22. The van der Waals surface area contributed by atoms with Crippen molar-refractivity contribution in [1.29, 1.82) is 0 Å². The molecule has 0 aliphatic rings. The van der Waals surface area contributed by atoms with Crippen molar-refractivity contribution in [3.8, 4) is 10.8 Å². The van der Waals surface area contributed by atoms with Gasteiger partial charge in [0.25, 0.3) is 16.8 Å². The zero-order valence-corrected chi connectivity index (χ0v) is 11.9. The summed E-state index contributed by atoms with van der Waals surface area (Å²) in [6.45, 7) is 0. The number of halogens is 1. The van der Waals surface area contributed by atoms with Crippen molar-refractivity contribution in [3.63, 3.8) is 0 Å². The van der Waals surface area contributed by atoms with E-state index < -0.39 is 10.7 Å². The largest absolute Gasteiger partial charge is 0.410 e. The first kappa shape index (κ1) is 13.7. The Bertz CT molecular complexity index is 789. The first-order valence-corrected chi connectivity index (χ1v) is 7.32. The van der Waals surface area contributed by atoms with Gasteiger partial charge in [0.2, 0.25) is 0 Å². The molecule has 0 saturated heterocycles. The van der Waals surface area contributed by atoms with Gasteiger partial charge in [-0.15, -0.1) is 21.5 Å². The predicted molar refractivity (Wildman–Crippen MR) is 74.8 cm³/mol. The van der Waals surface area contributed by atoms with E-state index in [1.807, 2.05) is 17.5 Å². The first-order valence-electron chi connectivity index (χ1n) is 5.62. The lowest BCUT2D eigenvalue weighted by molar-refractivity contribution is -0.387. The van der Waals surface area contributed by atoms with Crippen molar-refractivity contribution in [3.05, 3.63) is 51.6 Å². The van der Waals surface area contributed by atoms with E-state index in [0.29, 0.717) is 5.89 Å². The van der Waals surface area contributed by atoms with E-state index in [2.05, 4.69) is 10.2 Å². The normalized spacial score (nSPS) is 10.7. The Hall–Kier alpha value is -2.26. The van der Waals surface area contributed by atoms with Crippen molar-refractivity contribution in [1.82, 2.24) is 10.2 Å².